The number of Topliss-reactive ketones (excluding diaryl/α,β-unsaturated/α-hetero) is 1. The van der Waals surface area contributed by atoms with Gasteiger partial charge in [0.1, 0.15) is 12.4 Å². The van der Waals surface area contributed by atoms with E-state index in [0.717, 1.165) is 11.6 Å². The lowest BCUT2D eigenvalue weighted by atomic mass is 10.1. The minimum absolute atomic E-state index is 0.114. The maximum Gasteiger partial charge on any atom is 0.407 e. The second-order valence-corrected chi connectivity index (χ2v) is 4.87. The summed E-state index contributed by atoms with van der Waals surface area (Å²) >= 11 is 5.60. The van der Waals surface area contributed by atoms with E-state index < -0.39 is 17.7 Å². The summed E-state index contributed by atoms with van der Waals surface area (Å²) in [7, 11) is 0. The van der Waals surface area contributed by atoms with Gasteiger partial charge in [-0.3, -0.25) is 4.79 Å². The SMILES string of the molecule is O=C(NCC(=O)c1ccc(F)c(Cl)c1)OCc1ccccc1. The molecule has 6 heteroatoms. The fourth-order valence-electron chi connectivity index (χ4n) is 1.70. The molecule has 0 spiro atoms. The van der Waals surface area contributed by atoms with Crippen LogP contribution in [0.5, 0.6) is 0 Å². The maximum absolute atomic E-state index is 13.0. The summed E-state index contributed by atoms with van der Waals surface area (Å²) in [5, 5.41) is 2.20. The van der Waals surface area contributed by atoms with Crippen LogP contribution in [-0.4, -0.2) is 18.4 Å². The van der Waals surface area contributed by atoms with Crippen LogP contribution in [0.25, 0.3) is 0 Å². The molecule has 0 bridgehead atoms. The maximum atomic E-state index is 13.0. The van der Waals surface area contributed by atoms with Crippen LogP contribution in [0, 0.1) is 5.82 Å². The number of amides is 1. The molecule has 0 unspecified atom stereocenters. The van der Waals surface area contributed by atoms with Crippen molar-refractivity contribution in [1.82, 2.24) is 5.32 Å². The summed E-state index contributed by atoms with van der Waals surface area (Å²) < 4.78 is 18.0. The van der Waals surface area contributed by atoms with Gasteiger partial charge in [0.25, 0.3) is 0 Å². The Morgan fingerprint density at radius 3 is 2.55 bits per heavy atom. The average Bonchev–Trinajstić information content (AvgIpc) is 2.54. The molecule has 0 aliphatic heterocycles. The lowest BCUT2D eigenvalue weighted by Crippen LogP contribution is -2.30. The number of ketones is 1. The van der Waals surface area contributed by atoms with Gasteiger partial charge in [-0.1, -0.05) is 41.9 Å². The number of rotatable bonds is 5. The number of carbonyl (C=O) groups excluding carboxylic acids is 2. The summed E-state index contributed by atoms with van der Waals surface area (Å²) in [6.45, 7) is -0.140. The Kier molecular flexibility index (Phi) is 5.49. The second kappa shape index (κ2) is 7.56. The van der Waals surface area contributed by atoms with Crippen LogP contribution < -0.4 is 5.32 Å². The number of hydrogen-bond acceptors (Lipinski definition) is 3. The molecule has 2 rings (SSSR count). The fraction of sp³-hybridized carbons (Fsp3) is 0.125. The zero-order valence-corrected chi connectivity index (χ0v) is 12.3. The van der Waals surface area contributed by atoms with Crippen molar-refractivity contribution in [2.75, 3.05) is 6.54 Å². The quantitative estimate of drug-likeness (QED) is 0.856. The zero-order chi connectivity index (χ0) is 15.9. The van der Waals surface area contributed by atoms with Crippen molar-refractivity contribution < 1.29 is 18.7 Å². The number of halogens is 2. The molecule has 4 nitrogen and oxygen atoms in total. The number of ether oxygens (including phenoxy) is 1. The fourth-order valence-corrected chi connectivity index (χ4v) is 1.88. The van der Waals surface area contributed by atoms with Crippen molar-refractivity contribution in [2.24, 2.45) is 0 Å². The van der Waals surface area contributed by atoms with Gasteiger partial charge in [0.15, 0.2) is 5.78 Å². The lowest BCUT2D eigenvalue weighted by Gasteiger charge is -2.07. The Morgan fingerprint density at radius 2 is 1.86 bits per heavy atom. The van der Waals surface area contributed by atoms with Gasteiger partial charge in [-0.2, -0.15) is 0 Å². The predicted octanol–water partition coefficient (Wildman–Crippen LogP) is 3.59. The van der Waals surface area contributed by atoms with E-state index in [1.54, 1.807) is 0 Å². The third-order valence-corrected chi connectivity index (χ3v) is 3.14. The van der Waals surface area contributed by atoms with Crippen molar-refractivity contribution in [2.45, 2.75) is 6.61 Å². The molecule has 0 fully saturated rings. The molecule has 22 heavy (non-hydrogen) atoms. The molecule has 2 aromatic carbocycles. The number of nitrogens with one attached hydrogen (secondary N) is 1. The smallest absolute Gasteiger partial charge is 0.407 e. The summed E-state index contributed by atoms with van der Waals surface area (Å²) in [5.74, 6) is -0.994. The van der Waals surface area contributed by atoms with Gasteiger partial charge in [0.05, 0.1) is 11.6 Å². The van der Waals surface area contributed by atoms with Crippen LogP contribution in [0.3, 0.4) is 0 Å². The molecule has 2 aromatic rings. The first kappa shape index (κ1) is 16.0. The van der Waals surface area contributed by atoms with E-state index >= 15 is 0 Å². The second-order valence-electron chi connectivity index (χ2n) is 4.47. The van der Waals surface area contributed by atoms with Gasteiger partial charge < -0.3 is 10.1 Å². The minimum Gasteiger partial charge on any atom is -0.445 e. The highest BCUT2D eigenvalue weighted by molar-refractivity contribution is 6.31. The van der Waals surface area contributed by atoms with Crippen LogP contribution in [0.15, 0.2) is 48.5 Å². The molecule has 0 aromatic heterocycles. The van der Waals surface area contributed by atoms with E-state index in [2.05, 4.69) is 5.32 Å². The Labute approximate surface area is 131 Å². The Bertz CT molecular complexity index is 676. The summed E-state index contributed by atoms with van der Waals surface area (Å²) in [6, 6.07) is 12.8. The summed E-state index contributed by atoms with van der Waals surface area (Å²) in [6.07, 6.45) is -0.703. The molecular formula is C16H13ClFNO3. The van der Waals surface area contributed by atoms with Crippen molar-refractivity contribution in [3.63, 3.8) is 0 Å². The molecule has 0 atom stereocenters. The summed E-state index contributed by atoms with van der Waals surface area (Å²) in [4.78, 5) is 23.3. The normalized spacial score (nSPS) is 10.1. The zero-order valence-electron chi connectivity index (χ0n) is 11.5. The molecule has 1 N–H and O–H groups in total. The number of carbonyl (C=O) groups is 2. The van der Waals surface area contributed by atoms with Gasteiger partial charge in [-0.25, -0.2) is 9.18 Å². The summed E-state index contributed by atoms with van der Waals surface area (Å²) in [5.41, 5.74) is 1.06. The minimum atomic E-state index is -0.703. The molecule has 114 valence electrons. The first-order chi connectivity index (χ1) is 10.6. The largest absolute Gasteiger partial charge is 0.445 e. The van der Waals surface area contributed by atoms with Crippen molar-refractivity contribution >= 4 is 23.5 Å². The first-order valence-electron chi connectivity index (χ1n) is 6.49. The molecule has 0 radical (unpaired) electrons. The van der Waals surface area contributed by atoms with Gasteiger partial charge in [-0.05, 0) is 23.8 Å². The molecule has 1 amide bonds. The van der Waals surface area contributed by atoms with Gasteiger partial charge in [0.2, 0.25) is 0 Å². The Hall–Kier alpha value is -2.40. The number of alkyl carbamates (subject to hydrolysis) is 1. The number of benzene rings is 2. The highest BCUT2D eigenvalue weighted by Gasteiger charge is 2.11. The number of hydrogen-bond donors (Lipinski definition) is 1. The Morgan fingerprint density at radius 1 is 1.14 bits per heavy atom. The third kappa shape index (κ3) is 4.56. The van der Waals surface area contributed by atoms with Gasteiger partial charge in [-0.15, -0.1) is 0 Å². The van der Waals surface area contributed by atoms with E-state index in [4.69, 9.17) is 16.3 Å². The van der Waals surface area contributed by atoms with Gasteiger partial charge in [0, 0.05) is 5.56 Å². The molecule has 0 aliphatic carbocycles. The third-order valence-electron chi connectivity index (χ3n) is 2.85. The van der Waals surface area contributed by atoms with E-state index in [9.17, 15) is 14.0 Å². The lowest BCUT2D eigenvalue weighted by molar-refractivity contribution is 0.0974. The average molecular weight is 322 g/mol. The molecule has 0 heterocycles. The van der Waals surface area contributed by atoms with Crippen molar-refractivity contribution in [3.8, 4) is 0 Å². The van der Waals surface area contributed by atoms with Crippen LogP contribution in [-0.2, 0) is 11.3 Å². The van der Waals surface area contributed by atoms with Crippen LogP contribution in [0.4, 0.5) is 9.18 Å². The standard InChI is InChI=1S/C16H13ClFNO3/c17-13-8-12(6-7-14(13)18)15(20)9-19-16(21)22-10-11-4-2-1-3-5-11/h1-8H,9-10H2,(H,19,21). The Balaban J connectivity index is 1.80. The molecule has 0 saturated heterocycles. The topological polar surface area (TPSA) is 55.4 Å². The van der Waals surface area contributed by atoms with Gasteiger partial charge >= 0.3 is 6.09 Å². The molecule has 0 aliphatic rings. The van der Waals surface area contributed by atoms with Crippen LogP contribution in [0.1, 0.15) is 15.9 Å². The highest BCUT2D eigenvalue weighted by Crippen LogP contribution is 2.16. The van der Waals surface area contributed by atoms with E-state index in [0.29, 0.717) is 0 Å². The van der Waals surface area contributed by atoms with Crippen molar-refractivity contribution in [3.05, 3.63) is 70.5 Å². The van der Waals surface area contributed by atoms with E-state index in [-0.39, 0.29) is 23.7 Å². The van der Waals surface area contributed by atoms with E-state index in [1.165, 1.54) is 12.1 Å². The highest BCUT2D eigenvalue weighted by atomic mass is 35.5. The van der Waals surface area contributed by atoms with Crippen LogP contribution in [0.2, 0.25) is 5.02 Å². The monoisotopic (exact) mass is 321 g/mol. The van der Waals surface area contributed by atoms with E-state index in [1.807, 2.05) is 30.3 Å². The predicted molar refractivity (Wildman–Crippen MR) is 80.4 cm³/mol. The first-order valence-corrected chi connectivity index (χ1v) is 6.87. The molecule has 0 saturated carbocycles. The molecular weight excluding hydrogens is 309 g/mol. The van der Waals surface area contributed by atoms with Crippen molar-refractivity contribution in [1.29, 1.82) is 0 Å². The van der Waals surface area contributed by atoms with Crippen LogP contribution >= 0.6 is 11.6 Å².